The molecule has 0 fully saturated rings. The summed E-state index contributed by atoms with van der Waals surface area (Å²) in [7, 11) is 0. The van der Waals surface area contributed by atoms with Gasteiger partial charge < -0.3 is 15.6 Å². The van der Waals surface area contributed by atoms with E-state index < -0.39 is 17.7 Å². The fraction of sp³-hybridized carbons (Fsp3) is 0.500. The van der Waals surface area contributed by atoms with Gasteiger partial charge in [-0.1, -0.05) is 0 Å². The summed E-state index contributed by atoms with van der Waals surface area (Å²) in [6.07, 6.45) is 2.58. The van der Waals surface area contributed by atoms with Gasteiger partial charge in [0.15, 0.2) is 0 Å². The van der Waals surface area contributed by atoms with E-state index in [2.05, 4.69) is 4.98 Å². The molecule has 0 saturated heterocycles. The maximum atomic E-state index is 9.87. The lowest BCUT2D eigenvalue weighted by Gasteiger charge is -2.40. The van der Waals surface area contributed by atoms with Gasteiger partial charge in [-0.05, 0) is 19.9 Å². The van der Waals surface area contributed by atoms with Crippen molar-refractivity contribution < 1.29 is 9.84 Å². The number of hydrogen-bond donors (Lipinski definition) is 2. The Hall–Kier alpha value is -1.13. The van der Waals surface area contributed by atoms with Gasteiger partial charge in [0.25, 0.3) is 0 Å². The lowest BCUT2D eigenvalue weighted by atomic mass is 9.88. The van der Waals surface area contributed by atoms with Crippen molar-refractivity contribution in [1.82, 2.24) is 4.98 Å². The third-order valence-corrected chi connectivity index (χ3v) is 2.59. The summed E-state index contributed by atoms with van der Waals surface area (Å²) in [5.41, 5.74) is 6.01. The summed E-state index contributed by atoms with van der Waals surface area (Å²) in [6, 6.07) is 1.34. The van der Waals surface area contributed by atoms with Crippen LogP contribution in [-0.4, -0.2) is 21.8 Å². The normalized spacial score (nSPS) is 29.1. The fourth-order valence-electron chi connectivity index (χ4n) is 1.68. The summed E-state index contributed by atoms with van der Waals surface area (Å²) in [6.45, 7) is 3.64. The molecule has 0 aromatic carbocycles. The highest BCUT2D eigenvalue weighted by Gasteiger charge is 2.41. The first-order valence-electron chi connectivity index (χ1n) is 4.59. The average molecular weight is 194 g/mol. The van der Waals surface area contributed by atoms with E-state index in [1.54, 1.807) is 18.5 Å². The van der Waals surface area contributed by atoms with Crippen molar-refractivity contribution in [3.8, 4) is 5.75 Å². The molecule has 2 atom stereocenters. The number of pyridine rings is 1. The second-order valence-electron chi connectivity index (χ2n) is 4.09. The van der Waals surface area contributed by atoms with Gasteiger partial charge in [-0.2, -0.15) is 0 Å². The van der Waals surface area contributed by atoms with Crippen LogP contribution in [0.4, 0.5) is 0 Å². The highest BCUT2D eigenvalue weighted by atomic mass is 16.5. The zero-order chi connectivity index (χ0) is 10.3. The van der Waals surface area contributed by atoms with Crippen LogP contribution in [0.1, 0.15) is 25.5 Å². The standard InChI is InChI=1S/C10H14N2O2/c1-10(2)9(13)8(11)6-5-12-4-3-7(6)14-10/h3-5,8-9,13H,11H2,1-2H3. The first-order valence-corrected chi connectivity index (χ1v) is 4.59. The minimum atomic E-state index is -0.709. The molecule has 3 N–H and O–H groups in total. The van der Waals surface area contributed by atoms with E-state index in [9.17, 15) is 5.11 Å². The first kappa shape index (κ1) is 9.43. The Morgan fingerprint density at radius 1 is 1.57 bits per heavy atom. The molecule has 1 aliphatic rings. The Morgan fingerprint density at radius 3 is 3.00 bits per heavy atom. The van der Waals surface area contributed by atoms with Crippen molar-refractivity contribution in [2.45, 2.75) is 31.6 Å². The highest BCUT2D eigenvalue weighted by Crippen LogP contribution is 2.37. The van der Waals surface area contributed by atoms with E-state index in [4.69, 9.17) is 10.5 Å². The van der Waals surface area contributed by atoms with Gasteiger partial charge in [-0.25, -0.2) is 0 Å². The smallest absolute Gasteiger partial charge is 0.131 e. The van der Waals surface area contributed by atoms with Crippen molar-refractivity contribution in [2.75, 3.05) is 0 Å². The second-order valence-corrected chi connectivity index (χ2v) is 4.09. The van der Waals surface area contributed by atoms with Gasteiger partial charge in [0, 0.05) is 18.0 Å². The molecule has 0 aliphatic carbocycles. The molecule has 1 aromatic heterocycles. The number of nitrogens with two attached hydrogens (primary N) is 1. The summed E-state index contributed by atoms with van der Waals surface area (Å²) >= 11 is 0. The molecule has 2 rings (SSSR count). The van der Waals surface area contributed by atoms with Crippen LogP contribution in [0.25, 0.3) is 0 Å². The number of nitrogens with zero attached hydrogens (tertiary/aromatic N) is 1. The SMILES string of the molecule is CC1(C)Oc2ccncc2C(N)C1O. The quantitative estimate of drug-likeness (QED) is 0.635. The predicted octanol–water partition coefficient (Wildman–Crippen LogP) is 0.613. The zero-order valence-electron chi connectivity index (χ0n) is 8.27. The minimum Gasteiger partial charge on any atom is -0.485 e. The van der Waals surface area contributed by atoms with E-state index in [0.717, 1.165) is 5.56 Å². The van der Waals surface area contributed by atoms with Crippen molar-refractivity contribution in [3.05, 3.63) is 24.0 Å². The Labute approximate surface area is 82.7 Å². The van der Waals surface area contributed by atoms with Crippen molar-refractivity contribution in [3.63, 3.8) is 0 Å². The molecule has 4 heteroatoms. The van der Waals surface area contributed by atoms with Gasteiger partial charge in [0.1, 0.15) is 17.5 Å². The van der Waals surface area contributed by atoms with Gasteiger partial charge in [-0.3, -0.25) is 4.98 Å². The summed E-state index contributed by atoms with van der Waals surface area (Å²) in [4.78, 5) is 3.96. The molecule has 1 aliphatic heterocycles. The van der Waals surface area contributed by atoms with Crippen LogP contribution in [0.15, 0.2) is 18.5 Å². The fourth-order valence-corrected chi connectivity index (χ4v) is 1.68. The Bertz CT molecular complexity index is 352. The molecule has 0 amide bonds. The lowest BCUT2D eigenvalue weighted by Crippen LogP contribution is -2.51. The van der Waals surface area contributed by atoms with Crippen molar-refractivity contribution in [2.24, 2.45) is 5.73 Å². The van der Waals surface area contributed by atoms with Crippen LogP contribution in [0, 0.1) is 0 Å². The van der Waals surface area contributed by atoms with Gasteiger partial charge >= 0.3 is 0 Å². The summed E-state index contributed by atoms with van der Waals surface area (Å²) in [5, 5.41) is 9.87. The third-order valence-electron chi connectivity index (χ3n) is 2.59. The van der Waals surface area contributed by atoms with E-state index in [1.165, 1.54) is 0 Å². The monoisotopic (exact) mass is 194 g/mol. The lowest BCUT2D eigenvalue weighted by molar-refractivity contribution is -0.0573. The average Bonchev–Trinajstić information content (AvgIpc) is 2.14. The molecule has 0 spiro atoms. The Kier molecular flexibility index (Phi) is 1.97. The van der Waals surface area contributed by atoms with Gasteiger partial charge in [-0.15, -0.1) is 0 Å². The number of ether oxygens (including phenoxy) is 1. The molecular formula is C10H14N2O2. The second kappa shape index (κ2) is 2.93. The van der Waals surface area contributed by atoms with Crippen molar-refractivity contribution in [1.29, 1.82) is 0 Å². The molecule has 4 nitrogen and oxygen atoms in total. The van der Waals surface area contributed by atoms with E-state index >= 15 is 0 Å². The predicted molar refractivity (Wildman–Crippen MR) is 51.9 cm³/mol. The van der Waals surface area contributed by atoms with Crippen LogP contribution in [0.3, 0.4) is 0 Å². The number of aliphatic hydroxyl groups excluding tert-OH is 1. The van der Waals surface area contributed by atoms with Crippen LogP contribution < -0.4 is 10.5 Å². The van der Waals surface area contributed by atoms with E-state index in [0.29, 0.717) is 5.75 Å². The Balaban J connectivity index is 2.48. The largest absolute Gasteiger partial charge is 0.485 e. The molecule has 76 valence electrons. The number of aromatic nitrogens is 1. The Morgan fingerprint density at radius 2 is 2.29 bits per heavy atom. The maximum absolute atomic E-state index is 9.87. The molecule has 2 unspecified atom stereocenters. The topological polar surface area (TPSA) is 68.4 Å². The molecule has 0 radical (unpaired) electrons. The van der Waals surface area contributed by atoms with Crippen LogP contribution in [0.2, 0.25) is 0 Å². The number of aliphatic hydroxyl groups is 1. The summed E-state index contributed by atoms with van der Waals surface area (Å²) < 4.78 is 5.63. The minimum absolute atomic E-state index is 0.428. The molecule has 1 aromatic rings. The first-order chi connectivity index (χ1) is 6.52. The number of fused-ring (bicyclic) bond motifs is 1. The van der Waals surface area contributed by atoms with E-state index in [-0.39, 0.29) is 0 Å². The van der Waals surface area contributed by atoms with Gasteiger partial charge in [0.2, 0.25) is 0 Å². The molecule has 14 heavy (non-hydrogen) atoms. The zero-order valence-corrected chi connectivity index (χ0v) is 8.27. The van der Waals surface area contributed by atoms with Crippen LogP contribution in [-0.2, 0) is 0 Å². The molecule has 0 saturated carbocycles. The molecule has 2 heterocycles. The highest BCUT2D eigenvalue weighted by molar-refractivity contribution is 5.37. The number of rotatable bonds is 0. The van der Waals surface area contributed by atoms with Crippen molar-refractivity contribution >= 4 is 0 Å². The maximum Gasteiger partial charge on any atom is 0.131 e. The third kappa shape index (κ3) is 1.27. The number of hydrogen-bond acceptors (Lipinski definition) is 4. The van der Waals surface area contributed by atoms with E-state index in [1.807, 2.05) is 13.8 Å². The van der Waals surface area contributed by atoms with Crippen LogP contribution in [0.5, 0.6) is 5.75 Å². The molecular weight excluding hydrogens is 180 g/mol. The van der Waals surface area contributed by atoms with Crippen LogP contribution >= 0.6 is 0 Å². The molecule has 0 bridgehead atoms. The summed E-state index contributed by atoms with van der Waals surface area (Å²) in [5.74, 6) is 0.711. The van der Waals surface area contributed by atoms with Gasteiger partial charge in [0.05, 0.1) is 6.04 Å².